The van der Waals surface area contributed by atoms with Crippen LogP contribution in [0.15, 0.2) is 120 Å². The summed E-state index contributed by atoms with van der Waals surface area (Å²) < 4.78 is 13.2. The van der Waals surface area contributed by atoms with Crippen molar-refractivity contribution in [3.63, 3.8) is 0 Å². The molecule has 0 radical (unpaired) electrons. The van der Waals surface area contributed by atoms with Crippen LogP contribution in [-0.4, -0.2) is 11.8 Å². The lowest BCUT2D eigenvalue weighted by Crippen LogP contribution is -2.19. The van der Waals surface area contributed by atoms with Gasteiger partial charge in [-0.1, -0.05) is 60.7 Å². The van der Waals surface area contributed by atoms with Crippen LogP contribution >= 0.6 is 11.8 Å². The fourth-order valence-corrected chi connectivity index (χ4v) is 4.34. The maximum atomic E-state index is 13.2. The second-order valence-electron chi connectivity index (χ2n) is 7.66. The molecule has 0 bridgehead atoms. The highest BCUT2D eigenvalue weighted by Crippen LogP contribution is 2.36. The fraction of sp³-hybridized carbons (Fsp3) is 0.0345. The zero-order valence-corrected chi connectivity index (χ0v) is 19.5. The third-order valence-corrected chi connectivity index (χ3v) is 6.32. The number of hydrogen-bond acceptors (Lipinski definition) is 3. The molecule has 0 saturated carbocycles. The topological polar surface area (TPSA) is 58.2 Å². The van der Waals surface area contributed by atoms with Gasteiger partial charge < -0.3 is 10.6 Å². The molecule has 0 aliphatic rings. The number of amides is 2. The Hall–Kier alpha value is -4.16. The first-order valence-corrected chi connectivity index (χ1v) is 11.9. The predicted molar refractivity (Wildman–Crippen MR) is 141 cm³/mol. The van der Waals surface area contributed by atoms with Gasteiger partial charge in [0.1, 0.15) is 11.1 Å². The van der Waals surface area contributed by atoms with Gasteiger partial charge in [0.2, 0.25) is 11.8 Å². The van der Waals surface area contributed by atoms with E-state index in [1.807, 2.05) is 72.8 Å². The Balaban J connectivity index is 1.43. The molecule has 2 N–H and O–H groups in total. The summed E-state index contributed by atoms with van der Waals surface area (Å²) in [6, 6.07) is 32.1. The highest BCUT2D eigenvalue weighted by Gasteiger charge is 2.22. The van der Waals surface area contributed by atoms with E-state index in [1.165, 1.54) is 42.1 Å². The van der Waals surface area contributed by atoms with Gasteiger partial charge in [-0.05, 0) is 65.7 Å². The van der Waals surface area contributed by atoms with Gasteiger partial charge in [-0.25, -0.2) is 4.39 Å². The van der Waals surface area contributed by atoms with Gasteiger partial charge in [-0.3, -0.25) is 9.59 Å². The maximum Gasteiger partial charge on any atom is 0.248 e. The summed E-state index contributed by atoms with van der Waals surface area (Å²) in [7, 11) is 0. The van der Waals surface area contributed by atoms with Crippen molar-refractivity contribution in [2.45, 2.75) is 10.1 Å². The number of hydrogen-bond donors (Lipinski definition) is 2. The zero-order valence-electron chi connectivity index (χ0n) is 18.7. The standard InChI is InChI=1S/C29H23FN2O2S/c30-23-12-14-25(15-13-23)32-29(34)28(22-9-5-2-6-10-22)35-26-18-16-24(17-19-26)31-27(33)20-11-21-7-3-1-4-8-21/h1-20,28H,(H,31,33)(H,32,34)/b20-11+. The van der Waals surface area contributed by atoms with E-state index in [2.05, 4.69) is 10.6 Å². The van der Waals surface area contributed by atoms with E-state index >= 15 is 0 Å². The monoisotopic (exact) mass is 482 g/mol. The first-order chi connectivity index (χ1) is 17.1. The van der Waals surface area contributed by atoms with Crippen LogP contribution in [0, 0.1) is 5.82 Å². The van der Waals surface area contributed by atoms with Crippen molar-refractivity contribution >= 4 is 41.0 Å². The van der Waals surface area contributed by atoms with Crippen molar-refractivity contribution < 1.29 is 14.0 Å². The summed E-state index contributed by atoms with van der Waals surface area (Å²) in [6.45, 7) is 0. The molecular weight excluding hydrogens is 459 g/mol. The van der Waals surface area contributed by atoms with E-state index in [0.29, 0.717) is 11.4 Å². The van der Waals surface area contributed by atoms with E-state index < -0.39 is 5.25 Å². The van der Waals surface area contributed by atoms with Gasteiger partial charge in [0.15, 0.2) is 0 Å². The van der Waals surface area contributed by atoms with Gasteiger partial charge in [-0.2, -0.15) is 0 Å². The van der Waals surface area contributed by atoms with Crippen LogP contribution in [0.1, 0.15) is 16.4 Å². The highest BCUT2D eigenvalue weighted by molar-refractivity contribution is 8.00. The number of anilines is 2. The largest absolute Gasteiger partial charge is 0.325 e. The molecular formula is C29H23FN2O2S. The van der Waals surface area contributed by atoms with Crippen LogP contribution in [-0.2, 0) is 9.59 Å². The normalized spacial score (nSPS) is 11.7. The van der Waals surface area contributed by atoms with E-state index in [9.17, 15) is 14.0 Å². The molecule has 4 nitrogen and oxygen atoms in total. The summed E-state index contributed by atoms with van der Waals surface area (Å²) in [5.74, 6) is -0.800. The molecule has 0 heterocycles. The first kappa shape index (κ1) is 24.0. The molecule has 0 saturated heterocycles. The molecule has 1 atom stereocenters. The Bertz CT molecular complexity index is 1290. The lowest BCUT2D eigenvalue weighted by molar-refractivity contribution is -0.116. The molecule has 4 aromatic carbocycles. The van der Waals surface area contributed by atoms with Crippen LogP contribution in [0.3, 0.4) is 0 Å². The minimum Gasteiger partial charge on any atom is -0.325 e. The molecule has 0 aliphatic carbocycles. The first-order valence-electron chi connectivity index (χ1n) is 11.0. The van der Waals surface area contributed by atoms with Gasteiger partial charge in [0, 0.05) is 22.3 Å². The molecule has 0 spiro atoms. The summed E-state index contributed by atoms with van der Waals surface area (Å²) in [4.78, 5) is 26.2. The Morgan fingerprint density at radius 1 is 0.714 bits per heavy atom. The van der Waals surface area contributed by atoms with E-state index in [0.717, 1.165) is 16.0 Å². The van der Waals surface area contributed by atoms with Crippen LogP contribution in [0.2, 0.25) is 0 Å². The number of benzene rings is 4. The van der Waals surface area contributed by atoms with Crippen LogP contribution < -0.4 is 10.6 Å². The summed E-state index contributed by atoms with van der Waals surface area (Å²) in [5.41, 5.74) is 2.98. The second kappa shape index (κ2) is 11.8. The molecule has 0 aromatic heterocycles. The van der Waals surface area contributed by atoms with Crippen molar-refractivity contribution in [2.24, 2.45) is 0 Å². The summed E-state index contributed by atoms with van der Waals surface area (Å²) >= 11 is 1.39. The van der Waals surface area contributed by atoms with E-state index in [-0.39, 0.29) is 17.6 Å². The van der Waals surface area contributed by atoms with E-state index in [1.54, 1.807) is 18.2 Å². The Morgan fingerprint density at radius 2 is 1.29 bits per heavy atom. The molecule has 4 aromatic rings. The number of carbonyl (C=O) groups excluding carboxylic acids is 2. The van der Waals surface area contributed by atoms with Crippen molar-refractivity contribution in [1.82, 2.24) is 0 Å². The van der Waals surface area contributed by atoms with Crippen LogP contribution in [0.25, 0.3) is 6.08 Å². The minimum absolute atomic E-state index is 0.212. The van der Waals surface area contributed by atoms with Gasteiger partial charge in [0.05, 0.1) is 0 Å². The van der Waals surface area contributed by atoms with Crippen LogP contribution in [0.4, 0.5) is 15.8 Å². The lowest BCUT2D eigenvalue weighted by atomic mass is 10.1. The smallest absolute Gasteiger partial charge is 0.248 e. The average molecular weight is 483 g/mol. The van der Waals surface area contributed by atoms with Crippen molar-refractivity contribution in [2.75, 3.05) is 10.6 Å². The number of halogens is 1. The molecule has 0 aliphatic heterocycles. The SMILES string of the molecule is O=C(/C=C/c1ccccc1)Nc1ccc(SC(C(=O)Nc2ccc(F)cc2)c2ccccc2)cc1. The molecule has 1 unspecified atom stereocenters. The molecule has 2 amide bonds. The Morgan fingerprint density at radius 3 is 1.94 bits per heavy atom. The predicted octanol–water partition coefficient (Wildman–Crippen LogP) is 6.95. The minimum atomic E-state index is -0.518. The molecule has 0 fully saturated rings. The molecule has 6 heteroatoms. The summed E-state index contributed by atoms with van der Waals surface area (Å²) in [6.07, 6.45) is 3.24. The van der Waals surface area contributed by atoms with Gasteiger partial charge in [0.25, 0.3) is 0 Å². The Kier molecular flexibility index (Phi) is 8.09. The van der Waals surface area contributed by atoms with Gasteiger partial charge >= 0.3 is 0 Å². The fourth-order valence-electron chi connectivity index (χ4n) is 3.31. The number of nitrogens with one attached hydrogen (secondary N) is 2. The third kappa shape index (κ3) is 7.16. The number of rotatable bonds is 8. The second-order valence-corrected chi connectivity index (χ2v) is 8.84. The van der Waals surface area contributed by atoms with Crippen molar-refractivity contribution in [1.29, 1.82) is 0 Å². The Labute approximate surface area is 207 Å². The molecule has 174 valence electrons. The molecule has 4 rings (SSSR count). The van der Waals surface area contributed by atoms with Crippen molar-refractivity contribution in [3.8, 4) is 0 Å². The quantitative estimate of drug-likeness (QED) is 0.211. The number of carbonyl (C=O) groups is 2. The van der Waals surface area contributed by atoms with Crippen molar-refractivity contribution in [3.05, 3.63) is 132 Å². The average Bonchev–Trinajstić information content (AvgIpc) is 2.89. The van der Waals surface area contributed by atoms with E-state index in [4.69, 9.17) is 0 Å². The summed E-state index contributed by atoms with van der Waals surface area (Å²) in [5, 5.41) is 5.18. The van der Waals surface area contributed by atoms with Crippen LogP contribution in [0.5, 0.6) is 0 Å². The zero-order chi connectivity index (χ0) is 24.5. The molecule has 35 heavy (non-hydrogen) atoms. The third-order valence-electron chi connectivity index (χ3n) is 5.05. The highest BCUT2D eigenvalue weighted by atomic mass is 32.2. The lowest BCUT2D eigenvalue weighted by Gasteiger charge is -2.17. The van der Waals surface area contributed by atoms with Gasteiger partial charge in [-0.15, -0.1) is 11.8 Å². The number of thioether (sulfide) groups is 1. The maximum absolute atomic E-state index is 13.2.